The van der Waals surface area contributed by atoms with Crippen molar-refractivity contribution in [3.63, 3.8) is 0 Å². The summed E-state index contributed by atoms with van der Waals surface area (Å²) in [6.45, 7) is 1.47. The highest BCUT2D eigenvalue weighted by molar-refractivity contribution is 6.66. The van der Waals surface area contributed by atoms with E-state index in [1.807, 2.05) is 0 Å². The summed E-state index contributed by atoms with van der Waals surface area (Å²) in [4.78, 5) is 14.4. The van der Waals surface area contributed by atoms with E-state index in [-0.39, 0.29) is 11.4 Å². The number of oxime groups is 1. The third kappa shape index (κ3) is 0.758. The van der Waals surface area contributed by atoms with Crippen LogP contribution in [-0.4, -0.2) is 17.4 Å². The molecular formula is C4H3N2O3. The zero-order valence-corrected chi connectivity index (χ0v) is 4.62. The van der Waals surface area contributed by atoms with Gasteiger partial charge in [-0.05, 0) is 12.1 Å². The third-order valence-corrected chi connectivity index (χ3v) is 0.893. The molecule has 1 aliphatic rings. The van der Waals surface area contributed by atoms with Gasteiger partial charge in [0.15, 0.2) is 0 Å². The molecule has 0 N–H and O–H groups in total. The van der Waals surface area contributed by atoms with Crippen molar-refractivity contribution in [2.24, 2.45) is 10.3 Å². The Morgan fingerprint density at radius 2 is 2.33 bits per heavy atom. The van der Waals surface area contributed by atoms with Gasteiger partial charge in [-0.2, -0.15) is 0 Å². The minimum absolute atomic E-state index is 0.231. The van der Waals surface area contributed by atoms with Crippen LogP contribution in [0.5, 0.6) is 0 Å². The fraction of sp³-hybridized carbons (Fsp3) is 0.250. The molecule has 0 aromatic rings. The van der Waals surface area contributed by atoms with Crippen LogP contribution in [0.3, 0.4) is 0 Å². The molecule has 0 spiro atoms. The van der Waals surface area contributed by atoms with Crippen molar-refractivity contribution in [2.45, 2.75) is 6.92 Å². The van der Waals surface area contributed by atoms with E-state index >= 15 is 0 Å². The van der Waals surface area contributed by atoms with E-state index in [1.165, 1.54) is 6.92 Å². The fourth-order valence-electron chi connectivity index (χ4n) is 0.447. The second-order valence-corrected chi connectivity index (χ2v) is 1.50. The summed E-state index contributed by atoms with van der Waals surface area (Å²) in [5.41, 5.74) is -0.00926. The summed E-state index contributed by atoms with van der Waals surface area (Å²) in [5.74, 6) is -0.775. The van der Waals surface area contributed by atoms with E-state index < -0.39 is 5.97 Å². The lowest BCUT2D eigenvalue weighted by Crippen LogP contribution is -2.14. The molecule has 0 unspecified atom stereocenters. The topological polar surface area (TPSA) is 70.9 Å². The van der Waals surface area contributed by atoms with Gasteiger partial charge in [-0.15, -0.1) is 5.21 Å². The molecule has 5 nitrogen and oxygen atoms in total. The molecule has 0 bridgehead atoms. The summed E-state index contributed by atoms with van der Waals surface area (Å²) in [6, 6.07) is 0. The summed E-state index contributed by atoms with van der Waals surface area (Å²) in [5, 5.41) is 15.4. The highest BCUT2D eigenvalue weighted by Crippen LogP contribution is 1.98. The van der Waals surface area contributed by atoms with Gasteiger partial charge >= 0.3 is 5.97 Å². The Balaban J connectivity index is 2.93. The lowest BCUT2D eigenvalue weighted by Gasteiger charge is -1.79. The van der Waals surface area contributed by atoms with E-state index in [2.05, 4.69) is 15.1 Å². The Bertz CT molecular complexity index is 206. The molecule has 0 aromatic carbocycles. The van der Waals surface area contributed by atoms with Crippen LogP contribution in [0.2, 0.25) is 0 Å². The van der Waals surface area contributed by atoms with Crippen LogP contribution in [0, 0.1) is 0 Å². The Labute approximate surface area is 50.6 Å². The van der Waals surface area contributed by atoms with E-state index in [9.17, 15) is 10.0 Å². The number of hydrogen-bond donors (Lipinski definition) is 0. The molecule has 9 heavy (non-hydrogen) atoms. The Morgan fingerprint density at radius 1 is 1.67 bits per heavy atom. The van der Waals surface area contributed by atoms with Crippen molar-refractivity contribution in [1.82, 2.24) is 0 Å². The quantitative estimate of drug-likeness (QED) is 0.331. The van der Waals surface area contributed by atoms with Crippen LogP contribution in [0.25, 0.3) is 0 Å². The van der Waals surface area contributed by atoms with Crippen LogP contribution < -0.4 is 0 Å². The maximum atomic E-state index is 10.3. The molecular weight excluding hydrogens is 124 g/mol. The van der Waals surface area contributed by atoms with Gasteiger partial charge in [0.2, 0.25) is 5.71 Å². The molecule has 0 aromatic heterocycles. The van der Waals surface area contributed by atoms with Crippen molar-refractivity contribution < 1.29 is 14.8 Å². The average molecular weight is 127 g/mol. The first-order valence-corrected chi connectivity index (χ1v) is 2.22. The number of carbonyl (C=O) groups is 1. The first-order chi connectivity index (χ1) is 4.25. The lowest BCUT2D eigenvalue weighted by molar-refractivity contribution is -0.134. The monoisotopic (exact) mass is 127 g/mol. The molecule has 47 valence electrons. The Kier molecular flexibility index (Phi) is 1.18. The second kappa shape index (κ2) is 1.85. The Hall–Kier alpha value is -1.39. The highest BCUT2D eigenvalue weighted by Gasteiger charge is 2.24. The average Bonchev–Trinajstić information content (AvgIpc) is 2.12. The van der Waals surface area contributed by atoms with Gasteiger partial charge in [-0.3, -0.25) is 0 Å². The van der Waals surface area contributed by atoms with Crippen molar-refractivity contribution in [1.29, 1.82) is 0 Å². The van der Waals surface area contributed by atoms with E-state index in [4.69, 9.17) is 0 Å². The van der Waals surface area contributed by atoms with E-state index in [0.717, 1.165) is 0 Å². The SMILES string of the molecule is CC1=NOC(=O)/C1=N\[O]. The van der Waals surface area contributed by atoms with Crippen molar-refractivity contribution >= 4 is 17.4 Å². The molecule has 5 heteroatoms. The second-order valence-electron chi connectivity index (χ2n) is 1.50. The van der Waals surface area contributed by atoms with Gasteiger partial charge in [-0.25, -0.2) is 4.79 Å². The fourth-order valence-corrected chi connectivity index (χ4v) is 0.447. The van der Waals surface area contributed by atoms with Gasteiger partial charge in [0.1, 0.15) is 5.71 Å². The van der Waals surface area contributed by atoms with E-state index in [0.29, 0.717) is 0 Å². The molecule has 0 amide bonds. The molecule has 0 fully saturated rings. The first kappa shape index (κ1) is 5.74. The molecule has 0 saturated carbocycles. The standard InChI is InChI=1S/C4H3N2O3/c1-2-3(5-8)4(7)9-6-2/h1H3/b5-3-. The van der Waals surface area contributed by atoms with Crippen LogP contribution in [0.1, 0.15) is 6.92 Å². The number of rotatable bonds is 0. The molecule has 0 aliphatic carbocycles. The minimum Gasteiger partial charge on any atom is -0.310 e. The largest absolute Gasteiger partial charge is 0.389 e. The normalized spacial score (nSPS) is 22.1. The lowest BCUT2D eigenvalue weighted by atomic mass is 10.3. The molecule has 0 saturated heterocycles. The highest BCUT2D eigenvalue weighted by atomic mass is 16.7. The Morgan fingerprint density at radius 3 is 2.56 bits per heavy atom. The summed E-state index contributed by atoms with van der Waals surface area (Å²) < 4.78 is 0. The number of carbonyl (C=O) groups excluding carboxylic acids is 1. The third-order valence-electron chi connectivity index (χ3n) is 0.893. The van der Waals surface area contributed by atoms with Gasteiger partial charge in [-0.1, -0.05) is 5.16 Å². The molecule has 1 rings (SSSR count). The first-order valence-electron chi connectivity index (χ1n) is 2.22. The van der Waals surface area contributed by atoms with Gasteiger partial charge in [0.05, 0.1) is 0 Å². The predicted molar refractivity (Wildman–Crippen MR) is 27.3 cm³/mol. The summed E-state index contributed by atoms with van der Waals surface area (Å²) in [7, 11) is 0. The van der Waals surface area contributed by atoms with Gasteiger partial charge in [0, 0.05) is 0 Å². The minimum atomic E-state index is -0.775. The molecule has 1 aliphatic heterocycles. The summed E-state index contributed by atoms with van der Waals surface area (Å²) in [6.07, 6.45) is 0. The molecule has 1 heterocycles. The smallest absolute Gasteiger partial charge is 0.310 e. The van der Waals surface area contributed by atoms with Gasteiger partial charge < -0.3 is 4.84 Å². The van der Waals surface area contributed by atoms with Crippen LogP contribution in [-0.2, 0) is 14.8 Å². The maximum Gasteiger partial charge on any atom is 0.389 e. The number of hydrogen-bond acceptors (Lipinski definition) is 4. The van der Waals surface area contributed by atoms with Crippen molar-refractivity contribution in [2.75, 3.05) is 0 Å². The molecule has 0 atom stereocenters. The van der Waals surface area contributed by atoms with E-state index in [1.54, 1.807) is 0 Å². The van der Waals surface area contributed by atoms with Crippen LogP contribution in [0.4, 0.5) is 0 Å². The predicted octanol–water partition coefficient (Wildman–Crippen LogP) is -0.294. The van der Waals surface area contributed by atoms with Gasteiger partial charge in [0.25, 0.3) is 0 Å². The zero-order chi connectivity index (χ0) is 6.85. The van der Waals surface area contributed by atoms with Crippen LogP contribution in [0.15, 0.2) is 10.3 Å². The zero-order valence-electron chi connectivity index (χ0n) is 4.62. The van der Waals surface area contributed by atoms with Crippen molar-refractivity contribution in [3.8, 4) is 0 Å². The number of nitrogens with zero attached hydrogens (tertiary/aromatic N) is 2. The summed E-state index contributed by atoms with van der Waals surface area (Å²) >= 11 is 0. The molecule has 1 radical (unpaired) electrons. The van der Waals surface area contributed by atoms with Crippen molar-refractivity contribution in [3.05, 3.63) is 0 Å². The van der Waals surface area contributed by atoms with Crippen LogP contribution >= 0.6 is 0 Å². The maximum absolute atomic E-state index is 10.3.